The molecule has 2 N–H and O–H groups in total. The van der Waals surface area contributed by atoms with E-state index in [9.17, 15) is 5.11 Å². The Balaban J connectivity index is 1.92. The van der Waals surface area contributed by atoms with Crippen LogP contribution in [0.15, 0.2) is 30.7 Å². The van der Waals surface area contributed by atoms with Crippen LogP contribution in [0.25, 0.3) is 11.3 Å². The van der Waals surface area contributed by atoms with Crippen LogP contribution in [-0.2, 0) is 18.3 Å². The monoisotopic (exact) mass is 290 g/mol. The van der Waals surface area contributed by atoms with Crippen molar-refractivity contribution in [3.05, 3.63) is 36.3 Å². The standard InChI is InChI=1S/C15H22N4O2/c1-19-10-13(9-17-7-5-14(20)11-21-2)15(18-19)12-4-3-6-16-8-12/h3-4,6,8,10,14,17,20H,5,7,9,11H2,1-2H3. The van der Waals surface area contributed by atoms with E-state index in [1.165, 1.54) is 0 Å². The average Bonchev–Trinajstić information content (AvgIpc) is 2.86. The number of pyridine rings is 1. The number of aryl methyl sites for hydroxylation is 1. The van der Waals surface area contributed by atoms with E-state index >= 15 is 0 Å². The van der Waals surface area contributed by atoms with Crippen molar-refractivity contribution in [2.24, 2.45) is 7.05 Å². The molecule has 2 rings (SSSR count). The number of aromatic nitrogens is 3. The Morgan fingerprint density at radius 2 is 2.33 bits per heavy atom. The maximum atomic E-state index is 9.59. The van der Waals surface area contributed by atoms with Crippen molar-refractivity contribution in [3.8, 4) is 11.3 Å². The van der Waals surface area contributed by atoms with E-state index in [0.717, 1.165) is 23.4 Å². The zero-order valence-electron chi connectivity index (χ0n) is 12.5. The first-order chi connectivity index (χ1) is 10.2. The number of rotatable bonds is 8. The number of hydrogen-bond acceptors (Lipinski definition) is 5. The van der Waals surface area contributed by atoms with Crippen LogP contribution in [0.4, 0.5) is 0 Å². The molecular weight excluding hydrogens is 268 g/mol. The first-order valence-electron chi connectivity index (χ1n) is 7.01. The lowest BCUT2D eigenvalue weighted by Crippen LogP contribution is -2.23. The third-order valence-electron chi connectivity index (χ3n) is 3.17. The fraction of sp³-hybridized carbons (Fsp3) is 0.467. The molecule has 0 radical (unpaired) electrons. The number of methoxy groups -OCH3 is 1. The van der Waals surface area contributed by atoms with Crippen molar-refractivity contribution < 1.29 is 9.84 Å². The maximum Gasteiger partial charge on any atom is 0.0983 e. The molecular formula is C15H22N4O2. The molecule has 21 heavy (non-hydrogen) atoms. The molecule has 1 unspecified atom stereocenters. The summed E-state index contributed by atoms with van der Waals surface area (Å²) in [6.07, 6.45) is 5.81. The largest absolute Gasteiger partial charge is 0.391 e. The Labute approximate surface area is 124 Å². The minimum absolute atomic E-state index is 0.371. The Morgan fingerprint density at radius 1 is 1.48 bits per heavy atom. The summed E-state index contributed by atoms with van der Waals surface area (Å²) in [4.78, 5) is 4.13. The zero-order valence-corrected chi connectivity index (χ0v) is 12.5. The summed E-state index contributed by atoms with van der Waals surface area (Å²) in [6.45, 7) is 1.80. The number of ether oxygens (including phenoxy) is 1. The normalized spacial score (nSPS) is 12.5. The molecule has 0 fully saturated rings. The van der Waals surface area contributed by atoms with Gasteiger partial charge in [-0.05, 0) is 25.1 Å². The summed E-state index contributed by atoms with van der Waals surface area (Å²) in [7, 11) is 3.50. The van der Waals surface area contributed by atoms with Crippen molar-refractivity contribution in [2.75, 3.05) is 20.3 Å². The van der Waals surface area contributed by atoms with E-state index in [2.05, 4.69) is 15.4 Å². The molecule has 2 aromatic rings. The second kappa shape index (κ2) is 7.87. The number of hydrogen-bond donors (Lipinski definition) is 2. The first-order valence-corrected chi connectivity index (χ1v) is 7.01. The first kappa shape index (κ1) is 15.6. The van der Waals surface area contributed by atoms with Crippen molar-refractivity contribution in [3.63, 3.8) is 0 Å². The molecule has 0 saturated carbocycles. The molecule has 0 aliphatic carbocycles. The number of nitrogens with zero attached hydrogens (tertiary/aromatic N) is 3. The van der Waals surface area contributed by atoms with Gasteiger partial charge in [-0.3, -0.25) is 9.67 Å². The van der Waals surface area contributed by atoms with Gasteiger partial charge in [0.1, 0.15) is 0 Å². The quantitative estimate of drug-likeness (QED) is 0.709. The van der Waals surface area contributed by atoms with Crippen molar-refractivity contribution in [2.45, 2.75) is 19.1 Å². The lowest BCUT2D eigenvalue weighted by atomic mass is 10.1. The van der Waals surface area contributed by atoms with Crippen LogP contribution < -0.4 is 5.32 Å². The van der Waals surface area contributed by atoms with Crippen LogP contribution in [0.3, 0.4) is 0 Å². The second-order valence-corrected chi connectivity index (χ2v) is 4.99. The van der Waals surface area contributed by atoms with Gasteiger partial charge in [0.05, 0.1) is 18.4 Å². The fourth-order valence-corrected chi connectivity index (χ4v) is 2.18. The van der Waals surface area contributed by atoms with Crippen molar-refractivity contribution in [1.82, 2.24) is 20.1 Å². The maximum absolute atomic E-state index is 9.59. The molecule has 0 aliphatic heterocycles. The molecule has 0 amide bonds. The molecule has 6 heteroatoms. The lowest BCUT2D eigenvalue weighted by Gasteiger charge is -2.10. The van der Waals surface area contributed by atoms with Crippen LogP contribution >= 0.6 is 0 Å². The van der Waals surface area contributed by atoms with Gasteiger partial charge in [0.15, 0.2) is 0 Å². The highest BCUT2D eigenvalue weighted by atomic mass is 16.5. The van der Waals surface area contributed by atoms with E-state index < -0.39 is 6.10 Å². The van der Waals surface area contributed by atoms with Crippen molar-refractivity contribution in [1.29, 1.82) is 0 Å². The summed E-state index contributed by atoms with van der Waals surface area (Å²) in [5.74, 6) is 0. The highest BCUT2D eigenvalue weighted by Gasteiger charge is 2.10. The number of aliphatic hydroxyl groups excluding tert-OH is 1. The van der Waals surface area contributed by atoms with E-state index in [4.69, 9.17) is 4.74 Å². The Morgan fingerprint density at radius 3 is 3.05 bits per heavy atom. The molecule has 0 saturated heterocycles. The summed E-state index contributed by atoms with van der Waals surface area (Å²) >= 11 is 0. The predicted molar refractivity (Wildman–Crippen MR) is 80.6 cm³/mol. The molecule has 114 valence electrons. The van der Waals surface area contributed by atoms with Crippen LogP contribution in [0.1, 0.15) is 12.0 Å². The van der Waals surface area contributed by atoms with Gasteiger partial charge in [0, 0.05) is 50.4 Å². The summed E-state index contributed by atoms with van der Waals surface area (Å²) in [5.41, 5.74) is 3.07. The van der Waals surface area contributed by atoms with Gasteiger partial charge in [-0.2, -0.15) is 5.10 Å². The molecule has 0 bridgehead atoms. The Bertz CT molecular complexity index is 542. The minimum atomic E-state index is -0.422. The van der Waals surface area contributed by atoms with E-state index in [0.29, 0.717) is 19.6 Å². The summed E-state index contributed by atoms with van der Waals surface area (Å²) in [6, 6.07) is 3.91. The molecule has 0 aromatic carbocycles. The molecule has 6 nitrogen and oxygen atoms in total. The zero-order chi connectivity index (χ0) is 15.1. The van der Waals surface area contributed by atoms with Crippen LogP contribution in [-0.4, -0.2) is 46.2 Å². The topological polar surface area (TPSA) is 72.2 Å². The van der Waals surface area contributed by atoms with Gasteiger partial charge in [0.2, 0.25) is 0 Å². The average molecular weight is 290 g/mol. The smallest absolute Gasteiger partial charge is 0.0983 e. The van der Waals surface area contributed by atoms with Crippen molar-refractivity contribution >= 4 is 0 Å². The van der Waals surface area contributed by atoms with Gasteiger partial charge in [-0.25, -0.2) is 0 Å². The third-order valence-corrected chi connectivity index (χ3v) is 3.17. The van der Waals surface area contributed by atoms with E-state index in [1.54, 1.807) is 18.0 Å². The van der Waals surface area contributed by atoms with Crippen LogP contribution in [0.2, 0.25) is 0 Å². The van der Waals surface area contributed by atoms with Gasteiger partial charge < -0.3 is 15.2 Å². The minimum Gasteiger partial charge on any atom is -0.391 e. The molecule has 1 atom stereocenters. The summed E-state index contributed by atoms with van der Waals surface area (Å²) in [5, 5.41) is 17.4. The predicted octanol–water partition coefficient (Wildman–Crippen LogP) is 0.969. The Hall–Kier alpha value is -1.76. The molecule has 0 spiro atoms. The third kappa shape index (κ3) is 4.63. The number of nitrogens with one attached hydrogen (secondary N) is 1. The summed E-state index contributed by atoms with van der Waals surface area (Å²) < 4.78 is 6.71. The number of aliphatic hydroxyl groups is 1. The van der Waals surface area contributed by atoms with E-state index in [-0.39, 0.29) is 0 Å². The lowest BCUT2D eigenvalue weighted by molar-refractivity contribution is 0.0594. The van der Waals surface area contributed by atoms with Crippen LogP contribution in [0, 0.1) is 0 Å². The SMILES string of the molecule is COCC(O)CCNCc1cn(C)nc1-c1cccnc1. The molecule has 2 aromatic heterocycles. The molecule has 2 heterocycles. The van der Waals surface area contributed by atoms with E-state index in [1.807, 2.05) is 31.6 Å². The van der Waals surface area contributed by atoms with Gasteiger partial charge in [-0.15, -0.1) is 0 Å². The highest BCUT2D eigenvalue weighted by molar-refractivity contribution is 5.61. The van der Waals surface area contributed by atoms with Gasteiger partial charge in [-0.1, -0.05) is 0 Å². The fourth-order valence-electron chi connectivity index (χ4n) is 2.18. The highest BCUT2D eigenvalue weighted by Crippen LogP contribution is 2.20. The second-order valence-electron chi connectivity index (χ2n) is 4.99. The van der Waals surface area contributed by atoms with Gasteiger partial charge in [0.25, 0.3) is 0 Å². The molecule has 0 aliphatic rings. The Kier molecular flexibility index (Phi) is 5.86. The van der Waals surface area contributed by atoms with Gasteiger partial charge >= 0.3 is 0 Å². The van der Waals surface area contributed by atoms with Crippen LogP contribution in [0.5, 0.6) is 0 Å².